The van der Waals surface area contributed by atoms with Crippen LogP contribution in [-0.2, 0) is 19.1 Å². The summed E-state index contributed by atoms with van der Waals surface area (Å²) in [6, 6.07) is 7.22. The summed E-state index contributed by atoms with van der Waals surface area (Å²) < 4.78 is 16.0. The van der Waals surface area contributed by atoms with Gasteiger partial charge in [-0.1, -0.05) is 26.0 Å². The van der Waals surface area contributed by atoms with Crippen LogP contribution in [0.1, 0.15) is 58.4 Å². The Morgan fingerprint density at radius 2 is 1.71 bits per heavy atom. The molecular formula is C19H28O5. The van der Waals surface area contributed by atoms with E-state index in [1.54, 1.807) is 12.1 Å². The second-order valence-corrected chi connectivity index (χ2v) is 5.88. The Balaban J connectivity index is 2.94. The molecule has 1 aromatic rings. The number of benzene rings is 1. The van der Waals surface area contributed by atoms with Crippen molar-refractivity contribution < 1.29 is 23.8 Å². The Morgan fingerprint density at radius 3 is 2.33 bits per heavy atom. The van der Waals surface area contributed by atoms with Gasteiger partial charge in [-0.25, -0.2) is 0 Å². The number of rotatable bonds is 10. The monoisotopic (exact) mass is 336 g/mol. The zero-order chi connectivity index (χ0) is 17.9. The fourth-order valence-electron chi connectivity index (χ4n) is 2.16. The Kier molecular flexibility index (Phi) is 8.90. The van der Waals surface area contributed by atoms with Crippen LogP contribution in [0.4, 0.5) is 0 Å². The first-order chi connectivity index (χ1) is 11.5. The highest BCUT2D eigenvalue weighted by Gasteiger charge is 2.26. The molecule has 0 aliphatic heterocycles. The van der Waals surface area contributed by atoms with Gasteiger partial charge in [0.25, 0.3) is 0 Å². The van der Waals surface area contributed by atoms with Crippen LogP contribution in [0.5, 0.6) is 5.75 Å². The molecular weight excluding hydrogens is 308 g/mol. The van der Waals surface area contributed by atoms with Gasteiger partial charge in [0.05, 0.1) is 31.7 Å². The van der Waals surface area contributed by atoms with Crippen molar-refractivity contribution >= 4 is 11.9 Å². The maximum Gasteiger partial charge on any atom is 0.314 e. The van der Waals surface area contributed by atoms with E-state index in [0.29, 0.717) is 24.5 Å². The van der Waals surface area contributed by atoms with Crippen LogP contribution < -0.4 is 4.74 Å². The molecule has 134 valence electrons. The summed E-state index contributed by atoms with van der Waals surface area (Å²) in [5, 5.41) is 0. The van der Waals surface area contributed by atoms with Crippen molar-refractivity contribution in [3.8, 4) is 5.75 Å². The van der Waals surface area contributed by atoms with Crippen molar-refractivity contribution in [3.63, 3.8) is 0 Å². The minimum absolute atomic E-state index is 0.0280. The molecule has 1 rings (SSSR count). The van der Waals surface area contributed by atoms with Gasteiger partial charge < -0.3 is 14.2 Å². The quantitative estimate of drug-likeness (QED) is 0.607. The van der Waals surface area contributed by atoms with Gasteiger partial charge in [0.1, 0.15) is 5.75 Å². The van der Waals surface area contributed by atoms with Crippen LogP contribution in [0, 0.1) is 0 Å². The van der Waals surface area contributed by atoms with Gasteiger partial charge in [-0.15, -0.1) is 0 Å². The summed E-state index contributed by atoms with van der Waals surface area (Å²) in [6.07, 6.45) is 1.47. The Morgan fingerprint density at radius 1 is 1.04 bits per heavy atom. The molecule has 0 aliphatic rings. The zero-order valence-electron chi connectivity index (χ0n) is 15.0. The molecule has 0 aliphatic carbocycles. The summed E-state index contributed by atoms with van der Waals surface area (Å²) in [5.41, 5.74) is 0.697. The molecule has 0 radical (unpaired) electrons. The molecule has 24 heavy (non-hydrogen) atoms. The fraction of sp³-hybridized carbons (Fsp3) is 0.579. The number of carbonyl (C=O) groups excluding carboxylic acids is 2. The summed E-state index contributed by atoms with van der Waals surface area (Å²) in [5.74, 6) is -0.827. The molecule has 0 bridgehead atoms. The topological polar surface area (TPSA) is 61.8 Å². The van der Waals surface area contributed by atoms with E-state index in [1.165, 1.54) is 0 Å². The lowest BCUT2D eigenvalue weighted by atomic mass is 9.95. The standard InChI is InChI=1S/C19H28O5/c1-5-10-22-18(20)13-17(19(21)23-11-6-2)15-8-7-9-16(12-15)24-14(3)4/h7-9,12,14,17H,5-6,10-11,13H2,1-4H3. The van der Waals surface area contributed by atoms with Crippen LogP contribution in [-0.4, -0.2) is 31.3 Å². The summed E-state index contributed by atoms with van der Waals surface area (Å²) in [6.45, 7) is 8.40. The highest BCUT2D eigenvalue weighted by Crippen LogP contribution is 2.26. The van der Waals surface area contributed by atoms with E-state index in [1.807, 2.05) is 39.8 Å². The highest BCUT2D eigenvalue weighted by atomic mass is 16.5. The molecule has 0 aromatic heterocycles. The van der Waals surface area contributed by atoms with Gasteiger partial charge >= 0.3 is 11.9 Å². The molecule has 0 N–H and O–H groups in total. The third-order valence-electron chi connectivity index (χ3n) is 3.20. The predicted molar refractivity (Wildman–Crippen MR) is 92.1 cm³/mol. The minimum atomic E-state index is -0.684. The van der Waals surface area contributed by atoms with Gasteiger partial charge in [-0.05, 0) is 44.4 Å². The van der Waals surface area contributed by atoms with E-state index in [2.05, 4.69) is 0 Å². The van der Waals surface area contributed by atoms with Crippen molar-refractivity contribution in [2.45, 2.75) is 59.0 Å². The zero-order valence-corrected chi connectivity index (χ0v) is 15.0. The molecule has 0 saturated carbocycles. The molecule has 1 unspecified atom stereocenters. The lowest BCUT2D eigenvalue weighted by Gasteiger charge is -2.17. The smallest absolute Gasteiger partial charge is 0.314 e. The first kappa shape index (κ1) is 20.0. The van der Waals surface area contributed by atoms with E-state index in [0.717, 1.165) is 12.8 Å². The average Bonchev–Trinajstić information content (AvgIpc) is 2.55. The largest absolute Gasteiger partial charge is 0.491 e. The molecule has 0 spiro atoms. The Bertz CT molecular complexity index is 524. The maximum absolute atomic E-state index is 12.4. The first-order valence-electron chi connectivity index (χ1n) is 8.56. The number of hydrogen-bond acceptors (Lipinski definition) is 5. The van der Waals surface area contributed by atoms with Crippen molar-refractivity contribution in [2.24, 2.45) is 0 Å². The van der Waals surface area contributed by atoms with Crippen LogP contribution >= 0.6 is 0 Å². The molecule has 1 aromatic carbocycles. The van der Waals surface area contributed by atoms with Crippen LogP contribution in [0.25, 0.3) is 0 Å². The van der Waals surface area contributed by atoms with Crippen molar-refractivity contribution in [3.05, 3.63) is 29.8 Å². The summed E-state index contributed by atoms with van der Waals surface area (Å²) >= 11 is 0. The van der Waals surface area contributed by atoms with E-state index < -0.39 is 17.9 Å². The predicted octanol–water partition coefficient (Wildman–Crippen LogP) is 3.85. The summed E-state index contributed by atoms with van der Waals surface area (Å²) in [4.78, 5) is 24.3. The number of ether oxygens (including phenoxy) is 3. The second kappa shape index (κ2) is 10.7. The van der Waals surface area contributed by atoms with Gasteiger partial charge in [0.15, 0.2) is 0 Å². The SMILES string of the molecule is CCCOC(=O)CC(C(=O)OCCC)c1cccc(OC(C)C)c1. The third kappa shape index (κ3) is 7.02. The summed E-state index contributed by atoms with van der Waals surface area (Å²) in [7, 11) is 0. The molecule has 5 nitrogen and oxygen atoms in total. The van der Waals surface area contributed by atoms with E-state index >= 15 is 0 Å². The van der Waals surface area contributed by atoms with Crippen LogP contribution in [0.2, 0.25) is 0 Å². The average molecular weight is 336 g/mol. The molecule has 0 amide bonds. The van der Waals surface area contributed by atoms with Gasteiger partial charge in [0, 0.05) is 0 Å². The van der Waals surface area contributed by atoms with Gasteiger partial charge in [-0.2, -0.15) is 0 Å². The molecule has 0 heterocycles. The number of esters is 2. The molecule has 0 fully saturated rings. The number of hydrogen-bond donors (Lipinski definition) is 0. The minimum Gasteiger partial charge on any atom is -0.491 e. The molecule has 1 atom stereocenters. The van der Waals surface area contributed by atoms with Crippen LogP contribution in [0.15, 0.2) is 24.3 Å². The number of carbonyl (C=O) groups is 2. The lowest BCUT2D eigenvalue weighted by molar-refractivity contribution is -0.152. The van der Waals surface area contributed by atoms with E-state index in [9.17, 15) is 9.59 Å². The highest BCUT2D eigenvalue weighted by molar-refractivity contribution is 5.84. The lowest BCUT2D eigenvalue weighted by Crippen LogP contribution is -2.21. The van der Waals surface area contributed by atoms with Gasteiger partial charge in [-0.3, -0.25) is 9.59 Å². The molecule has 0 saturated heterocycles. The third-order valence-corrected chi connectivity index (χ3v) is 3.20. The Hall–Kier alpha value is -2.04. The first-order valence-corrected chi connectivity index (χ1v) is 8.56. The fourth-order valence-corrected chi connectivity index (χ4v) is 2.16. The molecule has 5 heteroatoms. The second-order valence-electron chi connectivity index (χ2n) is 5.88. The Labute approximate surface area is 144 Å². The van der Waals surface area contributed by atoms with Crippen molar-refractivity contribution in [1.82, 2.24) is 0 Å². The van der Waals surface area contributed by atoms with Crippen LogP contribution in [0.3, 0.4) is 0 Å². The van der Waals surface area contributed by atoms with E-state index in [4.69, 9.17) is 14.2 Å². The van der Waals surface area contributed by atoms with E-state index in [-0.39, 0.29) is 12.5 Å². The normalized spacial score (nSPS) is 11.9. The van der Waals surface area contributed by atoms with Gasteiger partial charge in [0.2, 0.25) is 0 Å². The maximum atomic E-state index is 12.4. The van der Waals surface area contributed by atoms with Crippen molar-refractivity contribution in [1.29, 1.82) is 0 Å². The van der Waals surface area contributed by atoms with Crippen molar-refractivity contribution in [2.75, 3.05) is 13.2 Å².